The van der Waals surface area contributed by atoms with Crippen LogP contribution in [0.2, 0.25) is 0 Å². The third kappa shape index (κ3) is 6.65. The lowest BCUT2D eigenvalue weighted by Crippen LogP contribution is -2.41. The van der Waals surface area contributed by atoms with Gasteiger partial charge in [0.05, 0.1) is 5.56 Å². The Balaban J connectivity index is 1.74. The molecule has 1 unspecified atom stereocenters. The largest absolute Gasteiger partial charge is 0.416 e. The maximum Gasteiger partial charge on any atom is 0.416 e. The average Bonchev–Trinajstić information content (AvgIpc) is 2.83. The van der Waals surface area contributed by atoms with Crippen molar-refractivity contribution in [1.82, 2.24) is 15.2 Å². The Morgan fingerprint density at radius 3 is 2.39 bits per heavy atom. The van der Waals surface area contributed by atoms with Crippen molar-refractivity contribution in [1.29, 1.82) is 0 Å². The van der Waals surface area contributed by atoms with Crippen LogP contribution in [0.1, 0.15) is 38.4 Å². The molecule has 3 rings (SSSR count). The van der Waals surface area contributed by atoms with Crippen LogP contribution in [-0.2, 0) is 12.6 Å². The number of pyridine rings is 1. The van der Waals surface area contributed by atoms with Crippen molar-refractivity contribution in [2.24, 2.45) is 0 Å². The number of rotatable bonds is 8. The molecule has 0 radical (unpaired) electrons. The molecule has 172 valence electrons. The van der Waals surface area contributed by atoms with Gasteiger partial charge in [-0.25, -0.2) is 0 Å². The summed E-state index contributed by atoms with van der Waals surface area (Å²) in [6, 6.07) is 18.5. The summed E-state index contributed by atoms with van der Waals surface area (Å²) in [4.78, 5) is 30.8. The van der Waals surface area contributed by atoms with Crippen LogP contribution < -0.4 is 5.32 Å². The summed E-state index contributed by atoms with van der Waals surface area (Å²) in [6.45, 7) is 0.271. The van der Waals surface area contributed by atoms with Gasteiger partial charge in [-0.3, -0.25) is 14.6 Å². The van der Waals surface area contributed by atoms with Crippen LogP contribution in [-0.4, -0.2) is 41.3 Å². The van der Waals surface area contributed by atoms with Crippen molar-refractivity contribution >= 4 is 11.8 Å². The number of halogens is 3. The van der Waals surface area contributed by atoms with Gasteiger partial charge >= 0.3 is 6.18 Å². The van der Waals surface area contributed by atoms with Crippen molar-refractivity contribution in [3.05, 3.63) is 101 Å². The molecule has 0 bridgehead atoms. The van der Waals surface area contributed by atoms with E-state index in [2.05, 4.69) is 10.3 Å². The minimum Gasteiger partial charge on any atom is -0.351 e. The van der Waals surface area contributed by atoms with Gasteiger partial charge in [-0.1, -0.05) is 42.5 Å². The third-order valence-corrected chi connectivity index (χ3v) is 5.28. The summed E-state index contributed by atoms with van der Waals surface area (Å²) in [7, 11) is 1.57. The Morgan fingerprint density at radius 1 is 1.00 bits per heavy atom. The summed E-state index contributed by atoms with van der Waals surface area (Å²) < 4.78 is 39.3. The van der Waals surface area contributed by atoms with Gasteiger partial charge in [-0.2, -0.15) is 13.2 Å². The van der Waals surface area contributed by atoms with E-state index in [1.165, 1.54) is 23.2 Å². The number of hydrogen-bond acceptors (Lipinski definition) is 3. The number of hydrogen-bond donors (Lipinski definition) is 1. The van der Waals surface area contributed by atoms with Gasteiger partial charge in [0.15, 0.2) is 0 Å². The molecule has 0 aliphatic carbocycles. The molecule has 0 fully saturated rings. The first-order valence-electron chi connectivity index (χ1n) is 10.4. The van der Waals surface area contributed by atoms with Crippen molar-refractivity contribution in [3.8, 4) is 0 Å². The van der Waals surface area contributed by atoms with E-state index in [1.807, 2.05) is 30.3 Å². The zero-order chi connectivity index (χ0) is 23.8. The van der Waals surface area contributed by atoms with E-state index < -0.39 is 17.6 Å². The predicted molar refractivity (Wildman–Crippen MR) is 119 cm³/mol. The molecule has 5 nitrogen and oxygen atoms in total. The number of benzene rings is 2. The quantitative estimate of drug-likeness (QED) is 0.540. The fourth-order valence-electron chi connectivity index (χ4n) is 3.46. The van der Waals surface area contributed by atoms with Gasteiger partial charge in [0.1, 0.15) is 5.69 Å². The van der Waals surface area contributed by atoms with Gasteiger partial charge in [0.2, 0.25) is 0 Å². The molecule has 3 aromatic rings. The first kappa shape index (κ1) is 24.0. The lowest BCUT2D eigenvalue weighted by atomic mass is 10.0. The van der Waals surface area contributed by atoms with Crippen LogP contribution in [0.5, 0.6) is 0 Å². The summed E-state index contributed by atoms with van der Waals surface area (Å²) >= 11 is 0. The summed E-state index contributed by atoms with van der Waals surface area (Å²) in [6.07, 6.45) is -2.11. The zero-order valence-corrected chi connectivity index (χ0v) is 18.0. The molecule has 0 aliphatic heterocycles. The third-order valence-electron chi connectivity index (χ3n) is 5.28. The first-order valence-corrected chi connectivity index (χ1v) is 10.4. The fourth-order valence-corrected chi connectivity index (χ4v) is 3.46. The molecule has 2 amide bonds. The molecule has 0 saturated heterocycles. The van der Waals surface area contributed by atoms with Crippen molar-refractivity contribution in [2.75, 3.05) is 13.6 Å². The minimum atomic E-state index is -4.53. The summed E-state index contributed by atoms with van der Waals surface area (Å²) in [5, 5.41) is 2.79. The number of carbonyl (C=O) groups is 2. The summed E-state index contributed by atoms with van der Waals surface area (Å²) in [5.41, 5.74) is 0.347. The average molecular weight is 455 g/mol. The monoisotopic (exact) mass is 455 g/mol. The Kier molecular flexibility index (Phi) is 7.82. The van der Waals surface area contributed by atoms with Gasteiger partial charge in [-0.15, -0.1) is 0 Å². The van der Waals surface area contributed by atoms with Crippen LogP contribution in [0.3, 0.4) is 0 Å². The topological polar surface area (TPSA) is 62.3 Å². The van der Waals surface area contributed by atoms with Gasteiger partial charge in [0, 0.05) is 31.4 Å². The van der Waals surface area contributed by atoms with Crippen molar-refractivity contribution in [3.63, 3.8) is 0 Å². The molecule has 0 aliphatic rings. The molecule has 1 aromatic heterocycles. The molecule has 8 heteroatoms. The fraction of sp³-hybridized carbons (Fsp3) is 0.240. The first-order chi connectivity index (χ1) is 15.8. The van der Waals surface area contributed by atoms with Crippen LogP contribution in [0.25, 0.3) is 0 Å². The number of amides is 2. The Hall–Kier alpha value is -3.68. The highest BCUT2D eigenvalue weighted by atomic mass is 19.4. The normalized spacial score (nSPS) is 12.1. The minimum absolute atomic E-state index is 0.0390. The number of likely N-dealkylation sites (N-methyl/N-ethyl adjacent to an activating group) is 1. The molecule has 0 spiro atoms. The van der Waals surface area contributed by atoms with E-state index in [1.54, 1.807) is 25.2 Å². The number of nitrogens with zero attached hydrogens (tertiary/aromatic N) is 2. The van der Waals surface area contributed by atoms with E-state index in [-0.39, 0.29) is 29.8 Å². The molecule has 1 heterocycles. The van der Waals surface area contributed by atoms with E-state index >= 15 is 0 Å². The van der Waals surface area contributed by atoms with Gasteiger partial charge in [-0.05, 0) is 48.7 Å². The van der Waals surface area contributed by atoms with Crippen LogP contribution >= 0.6 is 0 Å². The molecular weight excluding hydrogens is 431 g/mol. The number of carbonyl (C=O) groups excluding carboxylic acids is 2. The van der Waals surface area contributed by atoms with Crippen molar-refractivity contribution in [2.45, 2.75) is 25.1 Å². The molecule has 33 heavy (non-hydrogen) atoms. The number of nitrogens with one attached hydrogen (secondary N) is 1. The predicted octanol–water partition coefficient (Wildman–Crippen LogP) is 4.60. The molecule has 2 aromatic carbocycles. The second-order valence-electron chi connectivity index (χ2n) is 7.60. The number of alkyl halides is 3. The SMILES string of the molecule is CN(C(=O)c1cccc(C(F)(F)F)c1)C(CCNC(=O)c1ccccn1)Cc1ccccc1. The highest BCUT2D eigenvalue weighted by Crippen LogP contribution is 2.30. The maximum absolute atomic E-state index is 13.1. The molecule has 1 N–H and O–H groups in total. The van der Waals surface area contributed by atoms with E-state index in [0.717, 1.165) is 17.7 Å². The smallest absolute Gasteiger partial charge is 0.351 e. The molecular formula is C25H24F3N3O2. The van der Waals surface area contributed by atoms with Crippen LogP contribution in [0.4, 0.5) is 13.2 Å². The highest BCUT2D eigenvalue weighted by Gasteiger charge is 2.31. The van der Waals surface area contributed by atoms with Crippen molar-refractivity contribution < 1.29 is 22.8 Å². The standard InChI is InChI=1S/C25H24F3N3O2/c1-31(24(33)19-10-7-11-20(17-19)25(26,27)28)21(16-18-8-3-2-4-9-18)13-15-30-23(32)22-12-5-6-14-29-22/h2-12,14,17,21H,13,15-16H2,1H3,(H,30,32). The van der Waals surface area contributed by atoms with Gasteiger partial charge < -0.3 is 10.2 Å². The maximum atomic E-state index is 13.1. The lowest BCUT2D eigenvalue weighted by molar-refractivity contribution is -0.137. The summed E-state index contributed by atoms with van der Waals surface area (Å²) in [5.74, 6) is -0.848. The zero-order valence-electron chi connectivity index (χ0n) is 18.0. The molecule has 0 saturated carbocycles. The Morgan fingerprint density at radius 2 is 1.73 bits per heavy atom. The Bertz CT molecular complexity index is 1070. The van der Waals surface area contributed by atoms with Crippen LogP contribution in [0, 0.1) is 0 Å². The van der Waals surface area contributed by atoms with E-state index in [4.69, 9.17) is 0 Å². The van der Waals surface area contributed by atoms with E-state index in [0.29, 0.717) is 12.8 Å². The lowest BCUT2D eigenvalue weighted by Gasteiger charge is -2.29. The van der Waals surface area contributed by atoms with E-state index in [9.17, 15) is 22.8 Å². The van der Waals surface area contributed by atoms with Crippen LogP contribution in [0.15, 0.2) is 79.0 Å². The second kappa shape index (κ2) is 10.8. The second-order valence-corrected chi connectivity index (χ2v) is 7.60. The van der Waals surface area contributed by atoms with Gasteiger partial charge in [0.25, 0.3) is 11.8 Å². The Labute approximate surface area is 190 Å². The highest BCUT2D eigenvalue weighted by molar-refractivity contribution is 5.94. The number of aromatic nitrogens is 1. The molecule has 1 atom stereocenters.